The number of ether oxygens (including phenoxy) is 3. The number of benzene rings is 2. The molecule has 0 aliphatic rings. The average Bonchev–Trinajstić information content (AvgIpc) is 3.17. The first kappa shape index (κ1) is 21.0. The van der Waals surface area contributed by atoms with Gasteiger partial charge in [0.2, 0.25) is 0 Å². The molecular formula is C23H28N2O3S. The van der Waals surface area contributed by atoms with E-state index in [1.54, 1.807) is 32.7 Å². The fraction of sp³-hybridized carbons (Fsp3) is 0.348. The molecule has 0 aliphatic heterocycles. The van der Waals surface area contributed by atoms with Gasteiger partial charge in [-0.25, -0.2) is 4.99 Å². The van der Waals surface area contributed by atoms with Crippen LogP contribution in [-0.2, 0) is 0 Å². The number of methoxy groups -OCH3 is 3. The maximum Gasteiger partial charge on any atom is 0.190 e. The smallest absolute Gasteiger partial charge is 0.190 e. The summed E-state index contributed by atoms with van der Waals surface area (Å²) in [4.78, 5) is 5.87. The van der Waals surface area contributed by atoms with E-state index in [-0.39, 0.29) is 0 Å². The molecule has 0 fully saturated rings. The topological polar surface area (TPSA) is 45.0 Å². The minimum Gasteiger partial charge on any atom is -0.497 e. The summed E-state index contributed by atoms with van der Waals surface area (Å²) >= 11 is 1.63. The van der Waals surface area contributed by atoms with Crippen LogP contribution in [-0.4, -0.2) is 25.9 Å². The first-order chi connectivity index (χ1) is 14.1. The van der Waals surface area contributed by atoms with Gasteiger partial charge in [-0.05, 0) is 55.8 Å². The van der Waals surface area contributed by atoms with E-state index in [4.69, 9.17) is 19.2 Å². The summed E-state index contributed by atoms with van der Waals surface area (Å²) in [7, 11) is 5.04. The molecule has 0 saturated carbocycles. The molecule has 0 spiro atoms. The highest BCUT2D eigenvalue weighted by molar-refractivity contribution is 7.07. The van der Waals surface area contributed by atoms with Crippen LogP contribution in [0.5, 0.6) is 17.2 Å². The lowest BCUT2D eigenvalue weighted by molar-refractivity contribution is 0.403. The molecule has 0 aliphatic carbocycles. The van der Waals surface area contributed by atoms with Crippen LogP contribution in [0, 0.1) is 0 Å². The van der Waals surface area contributed by atoms with Crippen LogP contribution in [0.4, 0.5) is 5.69 Å². The lowest BCUT2D eigenvalue weighted by Crippen LogP contribution is -2.20. The SMILES string of the molecule is CCCC(C)n1c(-c2cc(OC)ccc2OC)csc1=Nc1ccc(OC)cc1. The lowest BCUT2D eigenvalue weighted by atomic mass is 10.1. The molecule has 29 heavy (non-hydrogen) atoms. The second kappa shape index (κ2) is 9.65. The van der Waals surface area contributed by atoms with Crippen molar-refractivity contribution in [3.63, 3.8) is 0 Å². The van der Waals surface area contributed by atoms with E-state index in [9.17, 15) is 0 Å². The molecule has 1 aromatic heterocycles. The number of hydrogen-bond donors (Lipinski definition) is 0. The van der Waals surface area contributed by atoms with Crippen molar-refractivity contribution in [2.45, 2.75) is 32.7 Å². The second-order valence-corrected chi connectivity index (χ2v) is 7.62. The van der Waals surface area contributed by atoms with E-state index in [2.05, 4.69) is 23.8 Å². The van der Waals surface area contributed by atoms with Crippen molar-refractivity contribution < 1.29 is 14.2 Å². The second-order valence-electron chi connectivity index (χ2n) is 6.79. The van der Waals surface area contributed by atoms with Gasteiger partial charge in [-0.15, -0.1) is 11.3 Å². The molecule has 5 nitrogen and oxygen atoms in total. The Labute approximate surface area is 176 Å². The maximum absolute atomic E-state index is 5.64. The Morgan fingerprint density at radius 1 is 0.966 bits per heavy atom. The number of nitrogens with zero attached hydrogens (tertiary/aromatic N) is 2. The predicted octanol–water partition coefficient (Wildman–Crippen LogP) is 5.84. The molecule has 3 rings (SSSR count). The first-order valence-electron chi connectivity index (χ1n) is 9.72. The molecule has 0 amide bonds. The van der Waals surface area contributed by atoms with Gasteiger partial charge in [0, 0.05) is 17.0 Å². The summed E-state index contributed by atoms with van der Waals surface area (Å²) in [6.07, 6.45) is 2.16. The zero-order valence-electron chi connectivity index (χ0n) is 17.6. The molecule has 0 N–H and O–H groups in total. The van der Waals surface area contributed by atoms with Crippen molar-refractivity contribution in [1.82, 2.24) is 4.57 Å². The normalized spacial score (nSPS) is 12.7. The summed E-state index contributed by atoms with van der Waals surface area (Å²) in [6, 6.07) is 14.0. The fourth-order valence-corrected chi connectivity index (χ4v) is 4.36. The van der Waals surface area contributed by atoms with Gasteiger partial charge in [0.05, 0.1) is 32.7 Å². The largest absolute Gasteiger partial charge is 0.497 e. The van der Waals surface area contributed by atoms with Gasteiger partial charge in [0.15, 0.2) is 4.80 Å². The molecule has 154 valence electrons. The van der Waals surface area contributed by atoms with Crippen LogP contribution in [0.3, 0.4) is 0 Å². The van der Waals surface area contributed by atoms with E-state index in [0.717, 1.165) is 51.8 Å². The van der Waals surface area contributed by atoms with E-state index >= 15 is 0 Å². The Kier molecular flexibility index (Phi) is 6.99. The third kappa shape index (κ3) is 4.65. The van der Waals surface area contributed by atoms with Gasteiger partial charge in [-0.3, -0.25) is 0 Å². The van der Waals surface area contributed by atoms with E-state index in [1.807, 2.05) is 42.5 Å². The van der Waals surface area contributed by atoms with Crippen LogP contribution in [0.1, 0.15) is 32.7 Å². The van der Waals surface area contributed by atoms with Crippen LogP contribution >= 0.6 is 11.3 Å². The molecule has 0 radical (unpaired) electrons. The Morgan fingerprint density at radius 3 is 2.28 bits per heavy atom. The zero-order chi connectivity index (χ0) is 20.8. The Balaban J connectivity index is 2.17. The van der Waals surface area contributed by atoms with Crippen LogP contribution in [0.25, 0.3) is 11.3 Å². The first-order valence-corrected chi connectivity index (χ1v) is 10.6. The summed E-state index contributed by atoms with van der Waals surface area (Å²) in [6.45, 7) is 4.44. The van der Waals surface area contributed by atoms with Gasteiger partial charge in [-0.1, -0.05) is 13.3 Å². The molecular weight excluding hydrogens is 384 g/mol. The average molecular weight is 413 g/mol. The molecule has 1 unspecified atom stereocenters. The molecule has 6 heteroatoms. The van der Waals surface area contributed by atoms with Gasteiger partial charge in [0.25, 0.3) is 0 Å². The van der Waals surface area contributed by atoms with Crippen LogP contribution < -0.4 is 19.0 Å². The molecule has 0 saturated heterocycles. The van der Waals surface area contributed by atoms with Crippen molar-refractivity contribution in [3.8, 4) is 28.5 Å². The molecule has 0 bridgehead atoms. The number of thiazole rings is 1. The van der Waals surface area contributed by atoms with Crippen molar-refractivity contribution >= 4 is 17.0 Å². The lowest BCUT2D eigenvalue weighted by Gasteiger charge is -2.18. The standard InChI is InChI=1S/C23H28N2O3S/c1-6-7-16(2)25-21(20-14-19(27-4)12-13-22(20)28-5)15-29-23(25)24-17-8-10-18(26-3)11-9-17/h8-16H,6-7H2,1-5H3. The van der Waals surface area contributed by atoms with E-state index < -0.39 is 0 Å². The van der Waals surface area contributed by atoms with Crippen molar-refractivity contribution in [1.29, 1.82) is 0 Å². The summed E-state index contributed by atoms with van der Waals surface area (Å²) in [5.41, 5.74) is 2.98. The molecule has 2 aromatic carbocycles. The van der Waals surface area contributed by atoms with Gasteiger partial charge in [0.1, 0.15) is 17.2 Å². The van der Waals surface area contributed by atoms with Gasteiger partial charge < -0.3 is 18.8 Å². The predicted molar refractivity (Wildman–Crippen MR) is 119 cm³/mol. The number of rotatable bonds is 8. The van der Waals surface area contributed by atoms with Crippen LogP contribution in [0.15, 0.2) is 52.8 Å². The molecule has 1 atom stereocenters. The number of hydrogen-bond acceptors (Lipinski definition) is 5. The highest BCUT2D eigenvalue weighted by Crippen LogP contribution is 2.35. The highest BCUT2D eigenvalue weighted by atomic mass is 32.1. The van der Waals surface area contributed by atoms with Crippen LogP contribution in [0.2, 0.25) is 0 Å². The molecule has 1 heterocycles. The summed E-state index contributed by atoms with van der Waals surface area (Å²) < 4.78 is 18.6. The number of aromatic nitrogens is 1. The summed E-state index contributed by atoms with van der Waals surface area (Å²) in [5.74, 6) is 2.44. The zero-order valence-corrected chi connectivity index (χ0v) is 18.5. The minimum atomic E-state index is 0.300. The van der Waals surface area contributed by atoms with E-state index in [1.165, 1.54) is 0 Å². The minimum absolute atomic E-state index is 0.300. The van der Waals surface area contributed by atoms with Crippen molar-refractivity contribution in [2.24, 2.45) is 4.99 Å². The monoisotopic (exact) mass is 412 g/mol. The Hall–Kier alpha value is -2.73. The Bertz CT molecular complexity index is 1010. The van der Waals surface area contributed by atoms with Gasteiger partial charge >= 0.3 is 0 Å². The van der Waals surface area contributed by atoms with E-state index in [0.29, 0.717) is 6.04 Å². The third-order valence-corrected chi connectivity index (χ3v) is 5.71. The third-order valence-electron chi connectivity index (χ3n) is 4.87. The molecule has 3 aromatic rings. The fourth-order valence-electron chi connectivity index (χ4n) is 3.35. The maximum atomic E-state index is 5.64. The quantitative estimate of drug-likeness (QED) is 0.467. The van der Waals surface area contributed by atoms with Crippen molar-refractivity contribution in [2.75, 3.05) is 21.3 Å². The van der Waals surface area contributed by atoms with Gasteiger partial charge in [-0.2, -0.15) is 0 Å². The highest BCUT2D eigenvalue weighted by Gasteiger charge is 2.17. The summed E-state index contributed by atoms with van der Waals surface area (Å²) in [5, 5.41) is 2.14. The Morgan fingerprint density at radius 2 is 1.66 bits per heavy atom. The van der Waals surface area contributed by atoms with Crippen molar-refractivity contribution in [3.05, 3.63) is 52.6 Å².